The highest BCUT2D eigenvalue weighted by atomic mass is 32.2. The lowest BCUT2D eigenvalue weighted by atomic mass is 10.0. The molecule has 0 spiro atoms. The van der Waals surface area contributed by atoms with Crippen LogP contribution >= 0.6 is 23.1 Å². The minimum absolute atomic E-state index is 0.110. The third-order valence-electron chi connectivity index (χ3n) is 2.69. The van der Waals surface area contributed by atoms with Crippen LogP contribution in [0.15, 0.2) is 28.6 Å². The van der Waals surface area contributed by atoms with Crippen molar-refractivity contribution in [3.63, 3.8) is 0 Å². The van der Waals surface area contributed by atoms with Crippen molar-refractivity contribution < 1.29 is 0 Å². The Hall–Kier alpha value is -1.58. The summed E-state index contributed by atoms with van der Waals surface area (Å²) in [7, 11) is 0. The second-order valence-electron chi connectivity index (χ2n) is 4.66. The molecule has 1 atom stereocenters. The zero-order valence-electron chi connectivity index (χ0n) is 11.6. The summed E-state index contributed by atoms with van der Waals surface area (Å²) in [6.07, 6.45) is 0. The maximum atomic E-state index is 8.78. The molecule has 0 amide bonds. The lowest BCUT2D eigenvalue weighted by Gasteiger charge is -2.06. The van der Waals surface area contributed by atoms with Gasteiger partial charge in [0, 0.05) is 5.69 Å². The Bertz CT molecular complexity index is 598. The van der Waals surface area contributed by atoms with Gasteiger partial charge in [-0.3, -0.25) is 0 Å². The number of thioether (sulfide) groups is 1. The first-order chi connectivity index (χ1) is 9.58. The summed E-state index contributed by atoms with van der Waals surface area (Å²) >= 11 is 2.89. The molecule has 104 valence electrons. The van der Waals surface area contributed by atoms with Gasteiger partial charge >= 0.3 is 0 Å². The largest absolute Gasteiger partial charge is 0.330 e. The molecule has 1 aromatic heterocycles. The molecule has 0 saturated carbocycles. The summed E-state index contributed by atoms with van der Waals surface area (Å²) in [6, 6.07) is 10.5. The number of nitrogens with one attached hydrogen (secondary N) is 1. The number of benzene rings is 1. The Balaban J connectivity index is 2.01. The van der Waals surface area contributed by atoms with Gasteiger partial charge in [-0.05, 0) is 30.5 Å². The van der Waals surface area contributed by atoms with Gasteiger partial charge in [-0.15, -0.1) is 10.2 Å². The number of aromatic nitrogens is 2. The van der Waals surface area contributed by atoms with Crippen molar-refractivity contribution in [1.82, 2.24) is 10.2 Å². The molecule has 6 heteroatoms. The van der Waals surface area contributed by atoms with E-state index in [4.69, 9.17) is 5.26 Å². The van der Waals surface area contributed by atoms with E-state index in [1.807, 2.05) is 19.1 Å². The maximum Gasteiger partial charge on any atom is 0.210 e. The van der Waals surface area contributed by atoms with Crippen molar-refractivity contribution in [2.75, 3.05) is 5.32 Å². The molecule has 2 rings (SSSR count). The molecule has 1 N–H and O–H groups in total. The highest BCUT2D eigenvalue weighted by Crippen LogP contribution is 2.30. The molecule has 0 fully saturated rings. The predicted molar refractivity (Wildman–Crippen MR) is 84.7 cm³/mol. The Kier molecular flexibility index (Phi) is 4.99. The van der Waals surface area contributed by atoms with Gasteiger partial charge in [0.15, 0.2) is 4.34 Å². The van der Waals surface area contributed by atoms with Gasteiger partial charge in [-0.1, -0.05) is 49.1 Å². The van der Waals surface area contributed by atoms with Crippen molar-refractivity contribution in [1.29, 1.82) is 5.26 Å². The highest BCUT2D eigenvalue weighted by Gasteiger charge is 2.09. The standard InChI is InChI=1S/C14H16N4S2/c1-9(2)11-4-6-12(7-5-11)16-13-17-18-14(20-13)19-10(3)8-15/h4-7,9-10H,1-3H3,(H,16,17)/t10-/m0/s1. The van der Waals surface area contributed by atoms with Crippen LogP contribution in [0.2, 0.25) is 0 Å². The van der Waals surface area contributed by atoms with Gasteiger partial charge in [0.25, 0.3) is 0 Å². The average molecular weight is 304 g/mol. The van der Waals surface area contributed by atoms with E-state index in [0.717, 1.165) is 15.2 Å². The van der Waals surface area contributed by atoms with Crippen LogP contribution < -0.4 is 5.32 Å². The van der Waals surface area contributed by atoms with Gasteiger partial charge < -0.3 is 5.32 Å². The zero-order chi connectivity index (χ0) is 14.5. The Morgan fingerprint density at radius 3 is 2.50 bits per heavy atom. The SMILES string of the molecule is CC(C)c1ccc(Nc2nnc(S[C@@H](C)C#N)s2)cc1. The molecule has 0 aliphatic heterocycles. The predicted octanol–water partition coefficient (Wildman–Crippen LogP) is 4.41. The lowest BCUT2D eigenvalue weighted by Crippen LogP contribution is -1.91. The molecular weight excluding hydrogens is 288 g/mol. The number of hydrogen-bond donors (Lipinski definition) is 1. The second-order valence-corrected chi connectivity index (χ2v) is 7.23. The smallest absolute Gasteiger partial charge is 0.210 e. The molecule has 0 saturated heterocycles. The van der Waals surface area contributed by atoms with Crippen LogP contribution in [0.3, 0.4) is 0 Å². The fraction of sp³-hybridized carbons (Fsp3) is 0.357. The van der Waals surface area contributed by atoms with Crippen LogP contribution in [0.1, 0.15) is 32.3 Å². The Morgan fingerprint density at radius 1 is 1.20 bits per heavy atom. The fourth-order valence-electron chi connectivity index (χ4n) is 1.56. The fourth-order valence-corrected chi connectivity index (χ4v) is 3.36. The maximum absolute atomic E-state index is 8.78. The number of anilines is 2. The number of hydrogen-bond acceptors (Lipinski definition) is 6. The van der Waals surface area contributed by atoms with Gasteiger partial charge in [0.05, 0.1) is 11.3 Å². The van der Waals surface area contributed by atoms with E-state index in [1.54, 1.807) is 0 Å². The molecule has 0 aliphatic carbocycles. The van der Waals surface area contributed by atoms with Crippen LogP contribution in [0, 0.1) is 11.3 Å². The van der Waals surface area contributed by atoms with E-state index in [0.29, 0.717) is 5.92 Å². The monoisotopic (exact) mass is 304 g/mol. The van der Waals surface area contributed by atoms with E-state index in [9.17, 15) is 0 Å². The quantitative estimate of drug-likeness (QED) is 0.829. The molecule has 20 heavy (non-hydrogen) atoms. The molecule has 0 bridgehead atoms. The Morgan fingerprint density at radius 2 is 1.90 bits per heavy atom. The van der Waals surface area contributed by atoms with Crippen molar-refractivity contribution in [2.45, 2.75) is 36.3 Å². The number of nitrogens with zero attached hydrogens (tertiary/aromatic N) is 3. The summed E-state index contributed by atoms with van der Waals surface area (Å²) in [6.45, 7) is 6.20. The van der Waals surface area contributed by atoms with E-state index >= 15 is 0 Å². The van der Waals surface area contributed by atoms with Crippen LogP contribution in [0.25, 0.3) is 0 Å². The zero-order valence-corrected chi connectivity index (χ0v) is 13.3. The first-order valence-electron chi connectivity index (χ1n) is 6.35. The van der Waals surface area contributed by atoms with E-state index in [-0.39, 0.29) is 5.25 Å². The summed E-state index contributed by atoms with van der Waals surface area (Å²) in [5.41, 5.74) is 2.31. The second kappa shape index (κ2) is 6.73. The lowest BCUT2D eigenvalue weighted by molar-refractivity contribution is 0.867. The highest BCUT2D eigenvalue weighted by molar-refractivity contribution is 8.01. The molecular formula is C14H16N4S2. The van der Waals surface area contributed by atoms with Crippen LogP contribution in [0.4, 0.5) is 10.8 Å². The minimum Gasteiger partial charge on any atom is -0.330 e. The molecule has 2 aromatic rings. The number of nitriles is 1. The van der Waals surface area contributed by atoms with Crippen LogP contribution in [0.5, 0.6) is 0 Å². The normalized spacial score (nSPS) is 12.2. The van der Waals surface area contributed by atoms with Gasteiger partial charge in [0.2, 0.25) is 5.13 Å². The summed E-state index contributed by atoms with van der Waals surface area (Å²) < 4.78 is 0.806. The van der Waals surface area contributed by atoms with E-state index < -0.39 is 0 Å². The molecule has 0 unspecified atom stereocenters. The van der Waals surface area contributed by atoms with Crippen LogP contribution in [-0.2, 0) is 0 Å². The van der Waals surface area contributed by atoms with Crippen LogP contribution in [-0.4, -0.2) is 15.4 Å². The third-order valence-corrected chi connectivity index (χ3v) is 4.61. The van der Waals surface area contributed by atoms with Crippen molar-refractivity contribution in [3.8, 4) is 6.07 Å². The molecule has 1 heterocycles. The minimum atomic E-state index is -0.110. The molecule has 1 aromatic carbocycles. The van der Waals surface area contributed by atoms with Gasteiger partial charge in [-0.25, -0.2) is 0 Å². The van der Waals surface area contributed by atoms with E-state index in [1.165, 1.54) is 28.7 Å². The van der Waals surface area contributed by atoms with Gasteiger partial charge in [-0.2, -0.15) is 5.26 Å². The first-order valence-corrected chi connectivity index (χ1v) is 8.05. The third kappa shape index (κ3) is 3.95. The first kappa shape index (κ1) is 14.8. The van der Waals surface area contributed by atoms with E-state index in [2.05, 4.69) is 47.6 Å². The van der Waals surface area contributed by atoms with Crippen molar-refractivity contribution in [2.24, 2.45) is 0 Å². The summed E-state index contributed by atoms with van der Waals surface area (Å²) in [4.78, 5) is 0. The van der Waals surface area contributed by atoms with Crippen molar-refractivity contribution in [3.05, 3.63) is 29.8 Å². The molecule has 0 aliphatic rings. The summed E-state index contributed by atoms with van der Waals surface area (Å²) in [5, 5.41) is 20.8. The number of rotatable bonds is 5. The summed E-state index contributed by atoms with van der Waals surface area (Å²) in [5.74, 6) is 0.529. The topological polar surface area (TPSA) is 61.6 Å². The Labute approximate surface area is 127 Å². The molecule has 0 radical (unpaired) electrons. The van der Waals surface area contributed by atoms with Gasteiger partial charge in [0.1, 0.15) is 0 Å². The molecule has 4 nitrogen and oxygen atoms in total. The van der Waals surface area contributed by atoms with Crippen molar-refractivity contribution >= 4 is 33.9 Å². The average Bonchev–Trinajstić information content (AvgIpc) is 2.86.